The number of methoxy groups -OCH3 is 1. The third-order valence-corrected chi connectivity index (χ3v) is 4.14. The first-order valence-electron chi connectivity index (χ1n) is 5.54. The number of hydrogen-bond acceptors (Lipinski definition) is 4. The Kier molecular flexibility index (Phi) is 4.18. The zero-order valence-electron chi connectivity index (χ0n) is 9.87. The van der Waals surface area contributed by atoms with E-state index in [9.17, 15) is 0 Å². The van der Waals surface area contributed by atoms with Crippen molar-refractivity contribution in [3.63, 3.8) is 0 Å². The Labute approximate surface area is 111 Å². The van der Waals surface area contributed by atoms with Crippen molar-refractivity contribution in [1.82, 2.24) is 0 Å². The molecule has 1 unspecified atom stereocenters. The Morgan fingerprint density at radius 2 is 2.41 bits per heavy atom. The number of nitrogens with one attached hydrogen (secondary N) is 1. The third kappa shape index (κ3) is 3.07. The van der Waals surface area contributed by atoms with Gasteiger partial charge in [0.05, 0.1) is 18.7 Å². The fourth-order valence-electron chi connectivity index (χ4n) is 1.57. The summed E-state index contributed by atoms with van der Waals surface area (Å²) in [7, 11) is 1.61. The van der Waals surface area contributed by atoms with E-state index in [-0.39, 0.29) is 0 Å². The molecule has 0 fully saturated rings. The minimum atomic E-state index is 0.603. The van der Waals surface area contributed by atoms with Crippen LogP contribution in [0.5, 0.6) is 5.75 Å². The smallest absolute Gasteiger partial charge is 0.161 e. The van der Waals surface area contributed by atoms with Crippen LogP contribution in [-0.4, -0.2) is 24.1 Å². The Morgan fingerprint density at radius 3 is 3.00 bits per heavy atom. The molecule has 0 aliphatic carbocycles. The number of anilines is 1. The SMILES string of the molecule is CCC1CN=C(Nc2ccc(OC)c(Cl)c2)S1. The van der Waals surface area contributed by atoms with Crippen LogP contribution in [0.3, 0.4) is 0 Å². The molecule has 0 saturated carbocycles. The van der Waals surface area contributed by atoms with Crippen LogP contribution >= 0.6 is 23.4 Å². The number of halogens is 1. The fraction of sp³-hybridized carbons (Fsp3) is 0.417. The van der Waals surface area contributed by atoms with Crippen LogP contribution in [0.15, 0.2) is 23.2 Å². The summed E-state index contributed by atoms with van der Waals surface area (Å²) in [6.07, 6.45) is 1.14. The number of nitrogens with zero attached hydrogens (tertiary/aromatic N) is 1. The topological polar surface area (TPSA) is 33.6 Å². The van der Waals surface area contributed by atoms with Crippen LogP contribution in [0.4, 0.5) is 5.69 Å². The minimum absolute atomic E-state index is 0.603. The highest BCUT2D eigenvalue weighted by atomic mass is 35.5. The van der Waals surface area contributed by atoms with Gasteiger partial charge in [0, 0.05) is 10.9 Å². The minimum Gasteiger partial charge on any atom is -0.495 e. The average Bonchev–Trinajstić information content (AvgIpc) is 2.77. The van der Waals surface area contributed by atoms with Gasteiger partial charge in [-0.1, -0.05) is 30.3 Å². The third-order valence-electron chi connectivity index (χ3n) is 2.58. The van der Waals surface area contributed by atoms with E-state index in [4.69, 9.17) is 16.3 Å². The predicted molar refractivity (Wildman–Crippen MR) is 75.6 cm³/mol. The van der Waals surface area contributed by atoms with Crippen LogP contribution in [0, 0.1) is 0 Å². The molecule has 2 rings (SSSR count). The van der Waals surface area contributed by atoms with Crippen molar-refractivity contribution in [2.75, 3.05) is 19.0 Å². The first kappa shape index (κ1) is 12.6. The summed E-state index contributed by atoms with van der Waals surface area (Å²) in [5, 5.41) is 5.45. The van der Waals surface area contributed by atoms with Gasteiger partial charge in [-0.2, -0.15) is 0 Å². The summed E-state index contributed by atoms with van der Waals surface area (Å²) in [5.74, 6) is 0.685. The van der Waals surface area contributed by atoms with Crippen molar-refractivity contribution < 1.29 is 4.74 Å². The van der Waals surface area contributed by atoms with Gasteiger partial charge in [-0.15, -0.1) is 0 Å². The van der Waals surface area contributed by atoms with Crippen LogP contribution in [0.1, 0.15) is 13.3 Å². The van der Waals surface area contributed by atoms with Gasteiger partial charge in [0.25, 0.3) is 0 Å². The molecule has 17 heavy (non-hydrogen) atoms. The maximum atomic E-state index is 6.06. The van der Waals surface area contributed by atoms with Crippen molar-refractivity contribution in [3.8, 4) is 5.75 Å². The van der Waals surface area contributed by atoms with Crippen molar-refractivity contribution in [2.45, 2.75) is 18.6 Å². The van der Waals surface area contributed by atoms with Gasteiger partial charge in [-0.25, -0.2) is 0 Å². The Balaban J connectivity index is 2.02. The summed E-state index contributed by atoms with van der Waals surface area (Å²) in [6.45, 7) is 3.08. The lowest BCUT2D eigenvalue weighted by molar-refractivity contribution is 0.415. The Hall–Kier alpha value is -0.870. The number of ether oxygens (including phenoxy) is 1. The van der Waals surface area contributed by atoms with Crippen molar-refractivity contribution in [2.24, 2.45) is 4.99 Å². The second-order valence-electron chi connectivity index (χ2n) is 3.77. The van der Waals surface area contributed by atoms with E-state index < -0.39 is 0 Å². The normalized spacial score (nSPS) is 19.0. The van der Waals surface area contributed by atoms with Crippen molar-refractivity contribution >= 4 is 34.2 Å². The Bertz CT molecular complexity index is 437. The predicted octanol–water partition coefficient (Wildman–Crippen LogP) is 3.64. The number of thioether (sulfide) groups is 1. The molecule has 1 atom stereocenters. The van der Waals surface area contributed by atoms with Crippen LogP contribution in [0.25, 0.3) is 0 Å². The average molecular weight is 271 g/mol. The van der Waals surface area contributed by atoms with Gasteiger partial charge >= 0.3 is 0 Å². The molecule has 1 aromatic carbocycles. The van der Waals surface area contributed by atoms with E-state index in [1.54, 1.807) is 18.9 Å². The van der Waals surface area contributed by atoms with Crippen molar-refractivity contribution in [3.05, 3.63) is 23.2 Å². The molecule has 1 N–H and O–H groups in total. The summed E-state index contributed by atoms with van der Waals surface area (Å²) in [6, 6.07) is 5.64. The number of hydrogen-bond donors (Lipinski definition) is 1. The van der Waals surface area contributed by atoms with Crippen molar-refractivity contribution in [1.29, 1.82) is 0 Å². The quantitative estimate of drug-likeness (QED) is 0.910. The molecule has 1 aliphatic heterocycles. The number of rotatable bonds is 3. The molecule has 0 spiro atoms. The molecule has 1 aliphatic rings. The van der Waals surface area contributed by atoms with E-state index in [0.717, 1.165) is 23.8 Å². The monoisotopic (exact) mass is 270 g/mol. The molecule has 92 valence electrons. The lowest BCUT2D eigenvalue weighted by Gasteiger charge is -2.09. The molecule has 0 radical (unpaired) electrons. The molecule has 0 bridgehead atoms. The zero-order valence-corrected chi connectivity index (χ0v) is 11.4. The molecular formula is C12H15ClN2OS. The Morgan fingerprint density at radius 1 is 1.59 bits per heavy atom. The number of amidine groups is 1. The van der Waals surface area contributed by atoms with Crippen LogP contribution in [-0.2, 0) is 0 Å². The molecule has 1 heterocycles. The van der Waals surface area contributed by atoms with E-state index in [1.165, 1.54) is 0 Å². The molecule has 0 saturated heterocycles. The summed E-state index contributed by atoms with van der Waals surface area (Å²) < 4.78 is 5.11. The molecule has 0 aromatic heterocycles. The first-order valence-corrected chi connectivity index (χ1v) is 6.80. The zero-order chi connectivity index (χ0) is 12.3. The van der Waals surface area contributed by atoms with E-state index >= 15 is 0 Å². The summed E-state index contributed by atoms with van der Waals surface area (Å²) in [5.41, 5.74) is 0.943. The van der Waals surface area contributed by atoms with Gasteiger partial charge in [0.15, 0.2) is 5.17 Å². The molecule has 0 amide bonds. The van der Waals surface area contributed by atoms with Gasteiger partial charge in [0.1, 0.15) is 5.75 Å². The number of benzene rings is 1. The lowest BCUT2D eigenvalue weighted by Crippen LogP contribution is -2.06. The maximum Gasteiger partial charge on any atom is 0.161 e. The van der Waals surface area contributed by atoms with Gasteiger partial charge in [-0.05, 0) is 24.6 Å². The summed E-state index contributed by atoms with van der Waals surface area (Å²) in [4.78, 5) is 4.45. The molecule has 3 nitrogen and oxygen atoms in total. The highest BCUT2D eigenvalue weighted by molar-refractivity contribution is 8.15. The fourth-order valence-corrected chi connectivity index (χ4v) is 2.78. The first-order chi connectivity index (χ1) is 8.22. The second kappa shape index (κ2) is 5.65. The molecule has 5 heteroatoms. The van der Waals surface area contributed by atoms with E-state index in [2.05, 4.69) is 17.2 Å². The van der Waals surface area contributed by atoms with Gasteiger partial charge < -0.3 is 10.1 Å². The van der Waals surface area contributed by atoms with E-state index in [0.29, 0.717) is 16.0 Å². The van der Waals surface area contributed by atoms with Gasteiger partial charge in [-0.3, -0.25) is 4.99 Å². The summed E-state index contributed by atoms with van der Waals surface area (Å²) >= 11 is 7.85. The van der Waals surface area contributed by atoms with Crippen LogP contribution < -0.4 is 10.1 Å². The largest absolute Gasteiger partial charge is 0.495 e. The van der Waals surface area contributed by atoms with E-state index in [1.807, 2.05) is 18.2 Å². The lowest BCUT2D eigenvalue weighted by atomic mass is 10.3. The highest BCUT2D eigenvalue weighted by Crippen LogP contribution is 2.29. The standard InChI is InChI=1S/C12H15ClN2OS/c1-3-9-7-14-12(17-9)15-8-4-5-11(16-2)10(13)6-8/h4-6,9H,3,7H2,1-2H3,(H,14,15). The molecule has 1 aromatic rings. The van der Waals surface area contributed by atoms with Crippen LogP contribution in [0.2, 0.25) is 5.02 Å². The van der Waals surface area contributed by atoms with Gasteiger partial charge in [0.2, 0.25) is 0 Å². The maximum absolute atomic E-state index is 6.06. The highest BCUT2D eigenvalue weighted by Gasteiger charge is 2.17. The number of aliphatic imine (C=N–C) groups is 1. The second-order valence-corrected chi connectivity index (χ2v) is 5.46. The molecular weight excluding hydrogens is 256 g/mol.